The summed E-state index contributed by atoms with van der Waals surface area (Å²) in [6.07, 6.45) is 5.16. The van der Waals surface area contributed by atoms with Crippen LogP contribution in [0.4, 0.5) is 5.69 Å². The highest BCUT2D eigenvalue weighted by molar-refractivity contribution is 5.76. The summed E-state index contributed by atoms with van der Waals surface area (Å²) >= 11 is 0. The van der Waals surface area contributed by atoms with Crippen molar-refractivity contribution in [1.82, 2.24) is 14.7 Å². The van der Waals surface area contributed by atoms with Crippen molar-refractivity contribution in [1.29, 1.82) is 0 Å². The van der Waals surface area contributed by atoms with Crippen molar-refractivity contribution in [2.45, 2.75) is 39.3 Å². The molecule has 0 aliphatic rings. The fraction of sp³-hybridized carbons (Fsp3) is 0.636. The summed E-state index contributed by atoms with van der Waals surface area (Å²) in [7, 11) is 1.84. The predicted molar refractivity (Wildman–Crippen MR) is 63.8 cm³/mol. The van der Waals surface area contributed by atoms with Crippen LogP contribution in [0.25, 0.3) is 0 Å². The van der Waals surface area contributed by atoms with E-state index < -0.39 is 0 Å². The second-order valence-corrected chi connectivity index (χ2v) is 3.95. The van der Waals surface area contributed by atoms with E-state index in [-0.39, 0.29) is 12.5 Å². The molecule has 5 nitrogen and oxygen atoms in total. The van der Waals surface area contributed by atoms with Crippen LogP contribution in [0.15, 0.2) is 12.4 Å². The maximum absolute atomic E-state index is 11.9. The van der Waals surface area contributed by atoms with Gasteiger partial charge >= 0.3 is 0 Å². The van der Waals surface area contributed by atoms with Gasteiger partial charge in [0.1, 0.15) is 6.54 Å². The minimum Gasteiger partial charge on any atom is -0.396 e. The highest BCUT2D eigenvalue weighted by Gasteiger charge is 2.16. The lowest BCUT2D eigenvalue weighted by molar-refractivity contribution is -0.132. The molecule has 0 aliphatic carbocycles. The lowest BCUT2D eigenvalue weighted by Crippen LogP contribution is -2.38. The van der Waals surface area contributed by atoms with Crippen LogP contribution in [0.3, 0.4) is 0 Å². The molecule has 2 N–H and O–H groups in total. The van der Waals surface area contributed by atoms with E-state index in [9.17, 15) is 4.79 Å². The molecule has 1 aromatic rings. The maximum atomic E-state index is 11.9. The molecule has 1 rings (SSSR count). The number of hydrogen-bond acceptors (Lipinski definition) is 3. The Balaban J connectivity index is 2.58. The first-order valence-corrected chi connectivity index (χ1v) is 5.62. The molecule has 0 atom stereocenters. The Hall–Kier alpha value is -1.52. The first-order valence-electron chi connectivity index (χ1n) is 5.62. The molecule has 0 saturated heterocycles. The van der Waals surface area contributed by atoms with Crippen LogP contribution in [0.1, 0.15) is 26.7 Å². The van der Waals surface area contributed by atoms with Gasteiger partial charge in [-0.05, 0) is 12.8 Å². The number of carbonyl (C=O) groups is 1. The van der Waals surface area contributed by atoms with Crippen molar-refractivity contribution in [2.75, 3.05) is 12.8 Å². The van der Waals surface area contributed by atoms with Crippen molar-refractivity contribution < 1.29 is 4.79 Å². The predicted octanol–water partition coefficient (Wildman–Crippen LogP) is 1.11. The van der Waals surface area contributed by atoms with E-state index >= 15 is 0 Å². The van der Waals surface area contributed by atoms with Gasteiger partial charge in [-0.2, -0.15) is 5.10 Å². The monoisotopic (exact) mass is 224 g/mol. The number of rotatable bonds is 5. The number of nitrogen functional groups attached to an aromatic ring is 1. The summed E-state index contributed by atoms with van der Waals surface area (Å²) in [5, 5.41) is 3.99. The molecule has 0 saturated carbocycles. The number of amides is 1. The van der Waals surface area contributed by atoms with Crippen LogP contribution < -0.4 is 5.73 Å². The highest BCUT2D eigenvalue weighted by atomic mass is 16.2. The summed E-state index contributed by atoms with van der Waals surface area (Å²) in [6.45, 7) is 4.43. The Bertz CT molecular complexity index is 344. The lowest BCUT2D eigenvalue weighted by Gasteiger charge is -2.26. The number of anilines is 1. The van der Waals surface area contributed by atoms with Gasteiger partial charge in [0.25, 0.3) is 0 Å². The molecule has 1 aromatic heterocycles. The molecular weight excluding hydrogens is 204 g/mol. The van der Waals surface area contributed by atoms with Crippen molar-refractivity contribution in [3.8, 4) is 0 Å². The number of carbonyl (C=O) groups excluding carboxylic acids is 1. The molecule has 0 radical (unpaired) electrons. The topological polar surface area (TPSA) is 64.2 Å². The number of likely N-dealkylation sites (N-methyl/N-ethyl adjacent to an activating group) is 1. The molecule has 0 aliphatic heterocycles. The van der Waals surface area contributed by atoms with E-state index in [1.165, 1.54) is 0 Å². The molecule has 16 heavy (non-hydrogen) atoms. The van der Waals surface area contributed by atoms with Gasteiger partial charge in [-0.3, -0.25) is 9.48 Å². The Morgan fingerprint density at radius 3 is 2.62 bits per heavy atom. The summed E-state index contributed by atoms with van der Waals surface area (Å²) in [5.41, 5.74) is 6.12. The fourth-order valence-electron chi connectivity index (χ4n) is 1.76. The van der Waals surface area contributed by atoms with Crippen molar-refractivity contribution in [2.24, 2.45) is 0 Å². The SMILES string of the molecule is CCC(CC)N(C)C(=O)Cn1cc(N)cn1. The first-order chi connectivity index (χ1) is 7.58. The van der Waals surface area contributed by atoms with E-state index in [2.05, 4.69) is 18.9 Å². The van der Waals surface area contributed by atoms with Crippen molar-refractivity contribution in [3.63, 3.8) is 0 Å². The van der Waals surface area contributed by atoms with E-state index in [4.69, 9.17) is 5.73 Å². The summed E-state index contributed by atoms with van der Waals surface area (Å²) in [5.74, 6) is 0.0665. The third-order valence-corrected chi connectivity index (χ3v) is 2.83. The van der Waals surface area contributed by atoms with E-state index in [1.807, 2.05) is 7.05 Å². The fourth-order valence-corrected chi connectivity index (χ4v) is 1.76. The zero-order chi connectivity index (χ0) is 12.1. The maximum Gasteiger partial charge on any atom is 0.244 e. The molecular formula is C11H20N4O. The molecule has 0 spiro atoms. The molecule has 90 valence electrons. The van der Waals surface area contributed by atoms with Crippen LogP contribution in [0, 0.1) is 0 Å². The summed E-state index contributed by atoms with van der Waals surface area (Å²) < 4.78 is 1.57. The van der Waals surface area contributed by atoms with Gasteiger partial charge in [-0.25, -0.2) is 0 Å². The lowest BCUT2D eigenvalue weighted by atomic mass is 10.1. The number of nitrogens with two attached hydrogens (primary N) is 1. The van der Waals surface area contributed by atoms with E-state index in [1.54, 1.807) is 22.0 Å². The summed E-state index contributed by atoms with van der Waals surface area (Å²) in [4.78, 5) is 13.7. The molecule has 1 heterocycles. The molecule has 0 unspecified atom stereocenters. The van der Waals surface area contributed by atoms with Crippen LogP contribution in [-0.4, -0.2) is 33.7 Å². The van der Waals surface area contributed by atoms with Gasteiger partial charge in [-0.1, -0.05) is 13.8 Å². The average molecular weight is 224 g/mol. The van der Waals surface area contributed by atoms with Crippen LogP contribution in [-0.2, 0) is 11.3 Å². The van der Waals surface area contributed by atoms with Crippen molar-refractivity contribution in [3.05, 3.63) is 12.4 Å². The standard InChI is InChI=1S/C11H20N4O/c1-4-10(5-2)14(3)11(16)8-15-7-9(12)6-13-15/h6-7,10H,4-5,8,12H2,1-3H3. The average Bonchev–Trinajstić information content (AvgIpc) is 2.65. The Kier molecular flexibility index (Phi) is 4.34. The Morgan fingerprint density at radius 1 is 1.56 bits per heavy atom. The molecule has 0 bridgehead atoms. The van der Waals surface area contributed by atoms with Gasteiger partial charge in [0, 0.05) is 19.3 Å². The van der Waals surface area contributed by atoms with E-state index in [0.29, 0.717) is 11.7 Å². The van der Waals surface area contributed by atoms with Crippen molar-refractivity contribution >= 4 is 11.6 Å². The number of nitrogens with zero attached hydrogens (tertiary/aromatic N) is 3. The van der Waals surface area contributed by atoms with Crippen LogP contribution >= 0.6 is 0 Å². The van der Waals surface area contributed by atoms with Gasteiger partial charge in [-0.15, -0.1) is 0 Å². The smallest absolute Gasteiger partial charge is 0.244 e. The second-order valence-electron chi connectivity index (χ2n) is 3.95. The molecule has 0 fully saturated rings. The van der Waals surface area contributed by atoms with Gasteiger partial charge in [0.2, 0.25) is 5.91 Å². The largest absolute Gasteiger partial charge is 0.396 e. The van der Waals surface area contributed by atoms with E-state index in [0.717, 1.165) is 12.8 Å². The normalized spacial score (nSPS) is 10.8. The second kappa shape index (κ2) is 5.53. The highest BCUT2D eigenvalue weighted by Crippen LogP contribution is 2.07. The van der Waals surface area contributed by atoms with Gasteiger partial charge in [0.15, 0.2) is 0 Å². The third kappa shape index (κ3) is 2.98. The zero-order valence-electron chi connectivity index (χ0n) is 10.2. The zero-order valence-corrected chi connectivity index (χ0v) is 10.2. The molecule has 0 aromatic carbocycles. The molecule has 5 heteroatoms. The van der Waals surface area contributed by atoms with Crippen LogP contribution in [0.5, 0.6) is 0 Å². The third-order valence-electron chi connectivity index (χ3n) is 2.83. The van der Waals surface area contributed by atoms with Gasteiger partial charge in [0.05, 0.1) is 11.9 Å². The van der Waals surface area contributed by atoms with Gasteiger partial charge < -0.3 is 10.6 Å². The Labute approximate surface area is 96.2 Å². The minimum absolute atomic E-state index is 0.0665. The quantitative estimate of drug-likeness (QED) is 0.815. The summed E-state index contributed by atoms with van der Waals surface area (Å²) in [6, 6.07) is 0.306. The molecule has 1 amide bonds. The Morgan fingerprint density at radius 2 is 2.19 bits per heavy atom. The number of hydrogen-bond donors (Lipinski definition) is 1. The minimum atomic E-state index is 0.0665. The number of aromatic nitrogens is 2. The first kappa shape index (κ1) is 12.5. The van der Waals surface area contributed by atoms with Crippen LogP contribution in [0.2, 0.25) is 0 Å².